The van der Waals surface area contributed by atoms with Crippen molar-refractivity contribution in [2.75, 3.05) is 37.7 Å². The Hall–Kier alpha value is -1.64. The minimum absolute atomic E-state index is 0.0299. The molecule has 150 valence electrons. The van der Waals surface area contributed by atoms with Crippen LogP contribution in [-0.4, -0.2) is 67.7 Å². The molecule has 3 N–H and O–H groups in total. The average Bonchev–Trinajstić information content (AvgIpc) is 3.19. The van der Waals surface area contributed by atoms with Gasteiger partial charge in [-0.3, -0.25) is 4.90 Å². The zero-order valence-corrected chi connectivity index (χ0v) is 16.4. The highest BCUT2D eigenvalue weighted by atomic mass is 32.2. The molecule has 7 nitrogen and oxygen atoms in total. The maximum Gasteiger partial charge on any atom is 0.314 e. The van der Waals surface area contributed by atoms with Gasteiger partial charge in [-0.25, -0.2) is 13.2 Å². The highest BCUT2D eigenvalue weighted by molar-refractivity contribution is 7.91. The summed E-state index contributed by atoms with van der Waals surface area (Å²) in [6.07, 6.45) is 2.67. The molecule has 1 aromatic carbocycles. The first-order valence-electron chi connectivity index (χ1n) is 9.60. The second-order valence-corrected chi connectivity index (χ2v) is 9.91. The van der Waals surface area contributed by atoms with Gasteiger partial charge < -0.3 is 15.7 Å². The van der Waals surface area contributed by atoms with Gasteiger partial charge in [0.05, 0.1) is 23.1 Å². The van der Waals surface area contributed by atoms with Crippen molar-refractivity contribution in [2.24, 2.45) is 0 Å². The fraction of sp³-hybridized carbons (Fsp3) is 0.632. The van der Waals surface area contributed by atoms with Crippen molar-refractivity contribution in [3.63, 3.8) is 0 Å². The van der Waals surface area contributed by atoms with Crippen molar-refractivity contribution >= 4 is 15.9 Å². The van der Waals surface area contributed by atoms with Crippen molar-refractivity contribution in [1.82, 2.24) is 15.5 Å². The highest BCUT2D eigenvalue weighted by Gasteiger charge is 2.35. The molecule has 2 saturated heterocycles. The zero-order chi connectivity index (χ0) is 19.3. The number of sulfone groups is 1. The molecule has 2 amide bonds. The predicted molar refractivity (Wildman–Crippen MR) is 104 cm³/mol. The third kappa shape index (κ3) is 5.67. The summed E-state index contributed by atoms with van der Waals surface area (Å²) in [5, 5.41) is 16.1. The zero-order valence-electron chi connectivity index (χ0n) is 15.6. The van der Waals surface area contributed by atoms with Gasteiger partial charge in [0.2, 0.25) is 0 Å². The molecule has 3 rings (SSSR count). The molecule has 0 radical (unpaired) electrons. The number of hydrogen-bond donors (Lipinski definition) is 3. The molecule has 2 aliphatic rings. The van der Waals surface area contributed by atoms with Gasteiger partial charge >= 0.3 is 6.03 Å². The van der Waals surface area contributed by atoms with Crippen LogP contribution in [0.25, 0.3) is 0 Å². The van der Waals surface area contributed by atoms with Gasteiger partial charge in [-0.1, -0.05) is 30.3 Å². The van der Waals surface area contributed by atoms with Gasteiger partial charge in [0.1, 0.15) is 0 Å². The Kier molecular flexibility index (Phi) is 6.39. The molecular formula is C19H29N3O4S. The van der Waals surface area contributed by atoms with Gasteiger partial charge in [-0.15, -0.1) is 0 Å². The van der Waals surface area contributed by atoms with Gasteiger partial charge in [0, 0.05) is 13.1 Å². The van der Waals surface area contributed by atoms with Crippen LogP contribution in [0, 0.1) is 0 Å². The van der Waals surface area contributed by atoms with E-state index < -0.39 is 15.4 Å². The molecule has 0 aromatic heterocycles. The first-order valence-corrected chi connectivity index (χ1v) is 11.4. The van der Waals surface area contributed by atoms with Gasteiger partial charge in [-0.05, 0) is 44.3 Å². The number of carbonyl (C=O) groups excluding carboxylic acids is 1. The lowest BCUT2D eigenvalue weighted by molar-refractivity contribution is 0.0329. The minimum atomic E-state index is -3.05. The monoisotopic (exact) mass is 395 g/mol. The van der Waals surface area contributed by atoms with Gasteiger partial charge in [0.15, 0.2) is 9.84 Å². The van der Waals surface area contributed by atoms with Crippen molar-refractivity contribution in [1.29, 1.82) is 0 Å². The standard InChI is InChI=1S/C19H29N3O4S/c23-18(21-15-19(24)8-12-27(25,26)13-9-19)20-14-17(22-10-4-5-11-22)16-6-2-1-3-7-16/h1-3,6-7,17,24H,4-5,8-15H2,(H2,20,21,23). The van der Waals surface area contributed by atoms with Crippen LogP contribution < -0.4 is 10.6 Å². The van der Waals surface area contributed by atoms with Crippen LogP contribution in [0.2, 0.25) is 0 Å². The summed E-state index contributed by atoms with van der Waals surface area (Å²) in [5.41, 5.74) is 0.0343. The Labute approximate surface area is 161 Å². The Bertz CT molecular complexity index is 719. The lowest BCUT2D eigenvalue weighted by atomic mass is 9.97. The van der Waals surface area contributed by atoms with Crippen LogP contribution in [0.1, 0.15) is 37.3 Å². The van der Waals surface area contributed by atoms with Crippen molar-refractivity contribution < 1.29 is 18.3 Å². The van der Waals surface area contributed by atoms with Crippen molar-refractivity contribution in [3.8, 4) is 0 Å². The molecule has 0 bridgehead atoms. The number of nitrogens with zero attached hydrogens (tertiary/aromatic N) is 1. The second kappa shape index (κ2) is 8.58. The number of benzene rings is 1. The third-order valence-corrected chi connectivity index (χ3v) is 7.21. The first kappa shape index (κ1) is 20.1. The van der Waals surface area contributed by atoms with E-state index in [1.165, 1.54) is 18.4 Å². The first-order chi connectivity index (χ1) is 12.9. The smallest absolute Gasteiger partial charge is 0.314 e. The number of hydrogen-bond acceptors (Lipinski definition) is 5. The quantitative estimate of drug-likeness (QED) is 0.669. The van der Waals surface area contributed by atoms with Crippen LogP contribution in [0.15, 0.2) is 30.3 Å². The van der Waals surface area contributed by atoms with Crippen LogP contribution in [0.4, 0.5) is 4.79 Å². The minimum Gasteiger partial charge on any atom is -0.388 e. The van der Waals surface area contributed by atoms with E-state index in [0.29, 0.717) is 6.54 Å². The molecule has 2 fully saturated rings. The summed E-state index contributed by atoms with van der Waals surface area (Å²) in [6, 6.07) is 9.94. The highest BCUT2D eigenvalue weighted by Crippen LogP contribution is 2.25. The number of nitrogens with one attached hydrogen (secondary N) is 2. The molecule has 8 heteroatoms. The van der Waals surface area contributed by atoms with Gasteiger partial charge in [-0.2, -0.15) is 0 Å². The van der Waals surface area contributed by atoms with E-state index in [2.05, 4.69) is 27.7 Å². The predicted octanol–water partition coefficient (Wildman–Crippen LogP) is 1.06. The van der Waals surface area contributed by atoms with E-state index >= 15 is 0 Å². The molecule has 1 unspecified atom stereocenters. The summed E-state index contributed by atoms with van der Waals surface area (Å²) >= 11 is 0. The summed E-state index contributed by atoms with van der Waals surface area (Å²) in [5.74, 6) is -0.0598. The Morgan fingerprint density at radius 2 is 1.74 bits per heavy atom. The number of amides is 2. The van der Waals surface area contributed by atoms with E-state index in [-0.39, 0.29) is 43.0 Å². The molecule has 0 aliphatic carbocycles. The van der Waals surface area contributed by atoms with E-state index in [9.17, 15) is 18.3 Å². The molecule has 1 atom stereocenters. The maximum absolute atomic E-state index is 12.2. The molecule has 0 spiro atoms. The summed E-state index contributed by atoms with van der Waals surface area (Å²) in [4.78, 5) is 14.6. The number of carbonyl (C=O) groups is 1. The molecule has 27 heavy (non-hydrogen) atoms. The fourth-order valence-electron chi connectivity index (χ4n) is 3.78. The lowest BCUT2D eigenvalue weighted by Gasteiger charge is -2.32. The fourth-order valence-corrected chi connectivity index (χ4v) is 5.36. The molecule has 2 heterocycles. The van der Waals surface area contributed by atoms with Crippen LogP contribution >= 0.6 is 0 Å². The topological polar surface area (TPSA) is 98.7 Å². The Morgan fingerprint density at radius 3 is 2.37 bits per heavy atom. The Morgan fingerprint density at radius 1 is 1.11 bits per heavy atom. The third-order valence-electron chi connectivity index (χ3n) is 5.56. The number of urea groups is 1. The van der Waals surface area contributed by atoms with E-state index in [0.717, 1.165) is 13.1 Å². The van der Waals surface area contributed by atoms with E-state index in [4.69, 9.17) is 0 Å². The summed E-state index contributed by atoms with van der Waals surface area (Å²) in [6.45, 7) is 2.60. The largest absolute Gasteiger partial charge is 0.388 e. The van der Waals surface area contributed by atoms with E-state index in [1.54, 1.807) is 0 Å². The molecule has 2 aliphatic heterocycles. The van der Waals surface area contributed by atoms with Crippen molar-refractivity contribution in [3.05, 3.63) is 35.9 Å². The summed E-state index contributed by atoms with van der Waals surface area (Å²) < 4.78 is 23.0. The number of aliphatic hydroxyl groups is 1. The van der Waals surface area contributed by atoms with Crippen LogP contribution in [0.3, 0.4) is 0 Å². The van der Waals surface area contributed by atoms with Crippen LogP contribution in [-0.2, 0) is 9.84 Å². The second-order valence-electron chi connectivity index (χ2n) is 7.61. The molecule has 1 aromatic rings. The van der Waals surface area contributed by atoms with Crippen molar-refractivity contribution in [2.45, 2.75) is 37.3 Å². The lowest BCUT2D eigenvalue weighted by Crippen LogP contribution is -2.51. The van der Waals surface area contributed by atoms with Gasteiger partial charge in [0.25, 0.3) is 0 Å². The average molecular weight is 396 g/mol. The SMILES string of the molecule is O=C(NCC(c1ccccc1)N1CCCC1)NCC1(O)CCS(=O)(=O)CC1. The maximum atomic E-state index is 12.2. The number of likely N-dealkylation sites (tertiary alicyclic amines) is 1. The molecular weight excluding hydrogens is 366 g/mol. The number of rotatable bonds is 6. The molecule has 0 saturated carbocycles. The van der Waals surface area contributed by atoms with E-state index in [1.807, 2.05) is 18.2 Å². The Balaban J connectivity index is 1.50. The van der Waals surface area contributed by atoms with Crippen LogP contribution in [0.5, 0.6) is 0 Å². The normalized spacial score (nSPS) is 22.9. The summed E-state index contributed by atoms with van der Waals surface area (Å²) in [7, 11) is -3.05.